The normalized spacial score (nSPS) is 15.8. The van der Waals surface area contributed by atoms with Crippen molar-refractivity contribution in [1.29, 1.82) is 0 Å². The van der Waals surface area contributed by atoms with E-state index in [1.165, 1.54) is 5.56 Å². The van der Waals surface area contributed by atoms with Gasteiger partial charge in [-0.05, 0) is 55.3 Å². The molecule has 0 saturated heterocycles. The highest BCUT2D eigenvalue weighted by Gasteiger charge is 2.32. The van der Waals surface area contributed by atoms with E-state index < -0.39 is 0 Å². The zero-order valence-corrected chi connectivity index (χ0v) is 15.1. The van der Waals surface area contributed by atoms with E-state index in [-0.39, 0.29) is 18.6 Å². The minimum atomic E-state index is -0.128. The van der Waals surface area contributed by atoms with E-state index >= 15 is 0 Å². The molecule has 1 aromatic heterocycles. The third-order valence-electron chi connectivity index (χ3n) is 4.48. The van der Waals surface area contributed by atoms with Crippen molar-refractivity contribution in [2.75, 3.05) is 4.90 Å². The van der Waals surface area contributed by atoms with Gasteiger partial charge in [0.25, 0.3) is 5.91 Å². The quantitative estimate of drug-likeness (QED) is 0.644. The molecule has 4 nitrogen and oxygen atoms in total. The molecule has 3 aromatic rings. The number of nitrogens with zero attached hydrogens (tertiary/aromatic N) is 1. The maximum atomic E-state index is 12.9. The molecule has 0 aliphatic carbocycles. The van der Waals surface area contributed by atoms with E-state index in [0.29, 0.717) is 22.3 Å². The highest BCUT2D eigenvalue weighted by molar-refractivity contribution is 6.30. The van der Waals surface area contributed by atoms with Gasteiger partial charge in [-0.3, -0.25) is 4.79 Å². The molecule has 0 saturated carbocycles. The second-order valence-corrected chi connectivity index (χ2v) is 6.81. The molecule has 1 unspecified atom stereocenters. The van der Waals surface area contributed by atoms with Crippen LogP contribution in [0.3, 0.4) is 0 Å². The van der Waals surface area contributed by atoms with Gasteiger partial charge in [0.2, 0.25) is 0 Å². The Morgan fingerprint density at radius 3 is 2.88 bits per heavy atom. The first-order valence-electron chi connectivity index (χ1n) is 8.50. The lowest BCUT2D eigenvalue weighted by atomic mass is 10.1. The molecule has 0 bridgehead atoms. The molecule has 0 radical (unpaired) electrons. The first-order valence-corrected chi connectivity index (χ1v) is 8.88. The summed E-state index contributed by atoms with van der Waals surface area (Å²) in [6.07, 6.45) is 0.855. The molecular weight excluding hydrogens is 350 g/mol. The molecule has 4 rings (SSSR count). The third kappa shape index (κ3) is 3.20. The van der Waals surface area contributed by atoms with Crippen LogP contribution in [0.2, 0.25) is 5.02 Å². The van der Waals surface area contributed by atoms with Crippen molar-refractivity contribution in [2.24, 2.45) is 0 Å². The predicted octanol–water partition coefficient (Wildman–Crippen LogP) is 5.10. The van der Waals surface area contributed by atoms with E-state index in [9.17, 15) is 4.79 Å². The van der Waals surface area contributed by atoms with Gasteiger partial charge >= 0.3 is 0 Å². The van der Waals surface area contributed by atoms with E-state index in [0.717, 1.165) is 12.1 Å². The summed E-state index contributed by atoms with van der Waals surface area (Å²) in [5.74, 6) is 1.44. The van der Waals surface area contributed by atoms with Crippen molar-refractivity contribution in [3.05, 3.63) is 82.8 Å². The molecule has 0 fully saturated rings. The predicted molar refractivity (Wildman–Crippen MR) is 101 cm³/mol. The van der Waals surface area contributed by atoms with Crippen LogP contribution in [0.4, 0.5) is 5.69 Å². The molecule has 5 heteroatoms. The number of para-hydroxylation sites is 1. The van der Waals surface area contributed by atoms with Gasteiger partial charge in [0.05, 0.1) is 0 Å². The van der Waals surface area contributed by atoms with Crippen LogP contribution in [0.1, 0.15) is 28.8 Å². The van der Waals surface area contributed by atoms with Crippen molar-refractivity contribution >= 4 is 23.2 Å². The largest absolute Gasteiger partial charge is 0.486 e. The number of ether oxygens (including phenoxy) is 1. The smallest absolute Gasteiger partial charge is 0.294 e. The Kier molecular flexibility index (Phi) is 4.43. The Labute approximate surface area is 156 Å². The van der Waals surface area contributed by atoms with Crippen LogP contribution in [-0.2, 0) is 13.0 Å². The van der Waals surface area contributed by atoms with E-state index in [4.69, 9.17) is 20.8 Å². The van der Waals surface area contributed by atoms with E-state index in [1.54, 1.807) is 29.2 Å². The number of carbonyl (C=O) groups is 1. The summed E-state index contributed by atoms with van der Waals surface area (Å²) in [6, 6.07) is 18.7. The van der Waals surface area contributed by atoms with E-state index in [1.807, 2.05) is 37.3 Å². The molecule has 1 aliphatic heterocycles. The number of amides is 1. The fourth-order valence-electron chi connectivity index (χ4n) is 3.28. The zero-order chi connectivity index (χ0) is 18.1. The Morgan fingerprint density at radius 2 is 2.04 bits per heavy atom. The van der Waals surface area contributed by atoms with Gasteiger partial charge in [0, 0.05) is 16.8 Å². The highest BCUT2D eigenvalue weighted by Crippen LogP contribution is 2.33. The number of hydrogen-bond donors (Lipinski definition) is 0. The Bertz CT molecular complexity index is 950. The van der Waals surface area contributed by atoms with Crippen molar-refractivity contribution in [2.45, 2.75) is 26.0 Å². The Hall–Kier alpha value is -2.72. The number of anilines is 1. The lowest BCUT2D eigenvalue weighted by Gasteiger charge is -2.21. The van der Waals surface area contributed by atoms with Crippen LogP contribution in [-0.4, -0.2) is 11.9 Å². The average molecular weight is 368 g/mol. The minimum Gasteiger partial charge on any atom is -0.486 e. The SMILES string of the molecule is CC1Cc2ccccc2N1C(=O)c1ccc(COc2cccc(Cl)c2)o1. The first kappa shape index (κ1) is 16.7. The Morgan fingerprint density at radius 1 is 1.19 bits per heavy atom. The fourth-order valence-corrected chi connectivity index (χ4v) is 3.46. The molecular formula is C21H18ClNO3. The molecule has 0 spiro atoms. The molecule has 2 heterocycles. The number of hydrogen-bond acceptors (Lipinski definition) is 3. The summed E-state index contributed by atoms with van der Waals surface area (Å²) in [5.41, 5.74) is 2.14. The molecule has 132 valence electrons. The van der Waals surface area contributed by atoms with Crippen molar-refractivity contribution in [1.82, 2.24) is 0 Å². The molecule has 26 heavy (non-hydrogen) atoms. The highest BCUT2D eigenvalue weighted by atomic mass is 35.5. The van der Waals surface area contributed by atoms with Crippen molar-refractivity contribution in [3.63, 3.8) is 0 Å². The maximum Gasteiger partial charge on any atom is 0.294 e. The van der Waals surface area contributed by atoms with Gasteiger partial charge < -0.3 is 14.1 Å². The van der Waals surface area contributed by atoms with Crippen molar-refractivity contribution < 1.29 is 13.9 Å². The number of rotatable bonds is 4. The molecule has 0 N–H and O–H groups in total. The summed E-state index contributed by atoms with van der Waals surface area (Å²) in [5, 5.41) is 0.611. The minimum absolute atomic E-state index is 0.108. The molecule has 1 amide bonds. The average Bonchev–Trinajstić information content (AvgIpc) is 3.23. The fraction of sp³-hybridized carbons (Fsp3) is 0.190. The van der Waals surface area contributed by atoms with Gasteiger partial charge in [-0.1, -0.05) is 35.9 Å². The van der Waals surface area contributed by atoms with Crippen molar-refractivity contribution in [3.8, 4) is 5.75 Å². The van der Waals surface area contributed by atoms with Gasteiger partial charge in [0.1, 0.15) is 18.1 Å². The van der Waals surface area contributed by atoms with Crippen LogP contribution in [0, 0.1) is 0 Å². The van der Waals surface area contributed by atoms with Crippen LogP contribution in [0.15, 0.2) is 65.1 Å². The van der Waals surface area contributed by atoms with Gasteiger partial charge in [-0.15, -0.1) is 0 Å². The van der Waals surface area contributed by atoms with Gasteiger partial charge in [-0.2, -0.15) is 0 Å². The lowest BCUT2D eigenvalue weighted by molar-refractivity contribution is 0.0950. The maximum absolute atomic E-state index is 12.9. The summed E-state index contributed by atoms with van der Waals surface area (Å²) in [6.45, 7) is 2.28. The Balaban J connectivity index is 1.48. The topological polar surface area (TPSA) is 42.7 Å². The number of furan rings is 1. The lowest BCUT2D eigenvalue weighted by Crippen LogP contribution is -2.35. The van der Waals surface area contributed by atoms with Crippen LogP contribution >= 0.6 is 11.6 Å². The van der Waals surface area contributed by atoms with Crippen LogP contribution in [0.25, 0.3) is 0 Å². The summed E-state index contributed by atoms with van der Waals surface area (Å²) in [7, 11) is 0. The number of halogens is 1. The molecule has 1 aliphatic rings. The summed E-state index contributed by atoms with van der Waals surface area (Å²) in [4.78, 5) is 14.7. The third-order valence-corrected chi connectivity index (χ3v) is 4.71. The number of benzene rings is 2. The second-order valence-electron chi connectivity index (χ2n) is 6.37. The molecule has 2 aromatic carbocycles. The first-order chi connectivity index (χ1) is 12.6. The van der Waals surface area contributed by atoms with Crippen LogP contribution < -0.4 is 9.64 Å². The summed E-state index contributed by atoms with van der Waals surface area (Å²) >= 11 is 5.95. The number of carbonyl (C=O) groups excluding carboxylic acids is 1. The standard InChI is InChI=1S/C21H18ClNO3/c1-14-11-15-5-2-3-8-19(15)23(14)21(24)20-10-9-18(26-20)13-25-17-7-4-6-16(22)12-17/h2-10,12,14H,11,13H2,1H3. The van der Waals surface area contributed by atoms with Gasteiger partial charge in [0.15, 0.2) is 5.76 Å². The van der Waals surface area contributed by atoms with Crippen LogP contribution in [0.5, 0.6) is 5.75 Å². The zero-order valence-electron chi connectivity index (χ0n) is 14.3. The monoisotopic (exact) mass is 367 g/mol. The van der Waals surface area contributed by atoms with Gasteiger partial charge in [-0.25, -0.2) is 0 Å². The number of fused-ring (bicyclic) bond motifs is 1. The second kappa shape index (κ2) is 6.89. The van der Waals surface area contributed by atoms with E-state index in [2.05, 4.69) is 6.07 Å². The molecule has 1 atom stereocenters. The summed E-state index contributed by atoms with van der Waals surface area (Å²) < 4.78 is 11.4.